The molecule has 0 radical (unpaired) electrons. The van der Waals surface area contributed by atoms with Crippen LogP contribution in [-0.2, 0) is 14.8 Å². The van der Waals surface area contributed by atoms with E-state index in [4.69, 9.17) is 4.74 Å². The van der Waals surface area contributed by atoms with E-state index in [9.17, 15) is 17.6 Å². The number of benzene rings is 1. The van der Waals surface area contributed by atoms with Crippen molar-refractivity contribution in [2.24, 2.45) is 5.92 Å². The van der Waals surface area contributed by atoms with Gasteiger partial charge in [-0.3, -0.25) is 4.79 Å². The summed E-state index contributed by atoms with van der Waals surface area (Å²) in [6, 6.07) is 3.44. The van der Waals surface area contributed by atoms with Crippen LogP contribution >= 0.6 is 0 Å². The molecular formula is C19H29FN2O4S. The largest absolute Gasteiger partial charge is 0.379 e. The number of morpholine rings is 1. The van der Waals surface area contributed by atoms with Crippen LogP contribution in [0.5, 0.6) is 0 Å². The van der Waals surface area contributed by atoms with Gasteiger partial charge in [-0.1, -0.05) is 26.7 Å². The molecule has 1 aromatic carbocycles. The summed E-state index contributed by atoms with van der Waals surface area (Å²) in [5, 5.41) is 0. The summed E-state index contributed by atoms with van der Waals surface area (Å²) in [6.07, 6.45) is 1.85. The molecule has 1 aliphatic heterocycles. The fraction of sp³-hybridized carbons (Fsp3) is 0.632. The molecule has 1 saturated heterocycles. The standard InChI is InChI=1S/C19H29FN2O4S/c1-4-15(5-2)14-21(6-3)19(23)17-13-16(7-8-18(17)20)27(24,25)22-9-11-26-12-10-22/h7-8,13,15H,4-6,9-12,14H2,1-3H3. The van der Waals surface area contributed by atoms with Crippen LogP contribution in [0, 0.1) is 11.7 Å². The Hall–Kier alpha value is -1.51. The maximum Gasteiger partial charge on any atom is 0.256 e. The van der Waals surface area contributed by atoms with Crippen LogP contribution in [-0.4, -0.2) is 62.9 Å². The zero-order valence-corrected chi connectivity index (χ0v) is 17.1. The van der Waals surface area contributed by atoms with E-state index in [0.717, 1.165) is 25.0 Å². The van der Waals surface area contributed by atoms with E-state index < -0.39 is 21.7 Å². The molecule has 0 saturated carbocycles. The van der Waals surface area contributed by atoms with Gasteiger partial charge in [0.25, 0.3) is 5.91 Å². The average molecular weight is 401 g/mol. The highest BCUT2D eigenvalue weighted by molar-refractivity contribution is 7.89. The first kappa shape index (κ1) is 21.8. The van der Waals surface area contributed by atoms with E-state index in [1.807, 2.05) is 6.92 Å². The fourth-order valence-corrected chi connectivity index (χ4v) is 4.58. The molecule has 0 N–H and O–H groups in total. The molecule has 152 valence electrons. The van der Waals surface area contributed by atoms with Crippen molar-refractivity contribution in [2.45, 2.75) is 38.5 Å². The molecule has 0 unspecified atom stereocenters. The first-order valence-corrected chi connectivity index (χ1v) is 11.0. The van der Waals surface area contributed by atoms with Gasteiger partial charge in [-0.25, -0.2) is 12.8 Å². The number of hydrogen-bond donors (Lipinski definition) is 0. The Balaban J connectivity index is 2.31. The molecule has 27 heavy (non-hydrogen) atoms. The van der Waals surface area contributed by atoms with E-state index in [1.54, 1.807) is 4.90 Å². The molecule has 8 heteroatoms. The second-order valence-corrected chi connectivity index (χ2v) is 8.62. The zero-order valence-electron chi connectivity index (χ0n) is 16.3. The Morgan fingerprint density at radius 3 is 2.41 bits per heavy atom. The van der Waals surface area contributed by atoms with Gasteiger partial charge in [-0.2, -0.15) is 4.31 Å². The number of rotatable bonds is 8. The topological polar surface area (TPSA) is 66.9 Å². The Morgan fingerprint density at radius 2 is 1.85 bits per heavy atom. The minimum Gasteiger partial charge on any atom is -0.379 e. The van der Waals surface area contributed by atoms with Gasteiger partial charge >= 0.3 is 0 Å². The molecule has 0 spiro atoms. The SMILES string of the molecule is CCC(CC)CN(CC)C(=O)c1cc(S(=O)(=O)N2CCOCC2)ccc1F. The summed E-state index contributed by atoms with van der Waals surface area (Å²) in [5.74, 6) is -0.845. The number of halogens is 1. The maximum atomic E-state index is 14.4. The second kappa shape index (κ2) is 9.61. The van der Waals surface area contributed by atoms with Gasteiger partial charge < -0.3 is 9.64 Å². The van der Waals surface area contributed by atoms with Crippen LogP contribution in [0.3, 0.4) is 0 Å². The predicted molar refractivity (Wildman–Crippen MR) is 102 cm³/mol. The third-order valence-electron chi connectivity index (χ3n) is 5.08. The number of hydrogen-bond acceptors (Lipinski definition) is 4. The van der Waals surface area contributed by atoms with Crippen molar-refractivity contribution in [3.05, 3.63) is 29.6 Å². The minimum absolute atomic E-state index is 0.0623. The summed E-state index contributed by atoms with van der Waals surface area (Å²) in [6.45, 7) is 8.07. The van der Waals surface area contributed by atoms with Crippen molar-refractivity contribution in [3.63, 3.8) is 0 Å². The molecule has 0 bridgehead atoms. The average Bonchev–Trinajstić information content (AvgIpc) is 2.69. The zero-order chi connectivity index (χ0) is 20.0. The highest BCUT2D eigenvalue weighted by Gasteiger charge is 2.29. The summed E-state index contributed by atoms with van der Waals surface area (Å²) in [5.41, 5.74) is -0.197. The van der Waals surface area contributed by atoms with Crippen molar-refractivity contribution < 1.29 is 22.3 Å². The predicted octanol–water partition coefficient (Wildman–Crippen LogP) is 2.74. The third-order valence-corrected chi connectivity index (χ3v) is 6.97. The molecule has 1 amide bonds. The van der Waals surface area contributed by atoms with E-state index in [-0.39, 0.29) is 23.5 Å². The van der Waals surface area contributed by atoms with Crippen LogP contribution in [0.1, 0.15) is 44.0 Å². The molecule has 1 fully saturated rings. The lowest BCUT2D eigenvalue weighted by molar-refractivity contribution is 0.0725. The molecule has 6 nitrogen and oxygen atoms in total. The summed E-state index contributed by atoms with van der Waals surface area (Å²) < 4.78 is 46.5. The maximum absolute atomic E-state index is 14.4. The van der Waals surface area contributed by atoms with Gasteiger partial charge in [0.2, 0.25) is 10.0 Å². The Morgan fingerprint density at radius 1 is 1.22 bits per heavy atom. The Bertz CT molecular complexity index is 744. The first-order valence-electron chi connectivity index (χ1n) is 9.51. The number of sulfonamides is 1. The van der Waals surface area contributed by atoms with Crippen molar-refractivity contribution in [1.82, 2.24) is 9.21 Å². The smallest absolute Gasteiger partial charge is 0.256 e. The van der Waals surface area contributed by atoms with Gasteiger partial charge in [0, 0.05) is 26.2 Å². The molecular weight excluding hydrogens is 371 g/mol. The second-order valence-electron chi connectivity index (χ2n) is 6.68. The number of ether oxygens (including phenoxy) is 1. The summed E-state index contributed by atoms with van der Waals surface area (Å²) >= 11 is 0. The van der Waals surface area contributed by atoms with Gasteiger partial charge in [-0.05, 0) is 31.0 Å². The normalized spacial score (nSPS) is 15.9. The van der Waals surface area contributed by atoms with Gasteiger partial charge in [0.15, 0.2) is 0 Å². The molecule has 0 aliphatic carbocycles. The van der Waals surface area contributed by atoms with E-state index in [0.29, 0.717) is 32.2 Å². The lowest BCUT2D eigenvalue weighted by atomic mass is 10.0. The van der Waals surface area contributed by atoms with Crippen molar-refractivity contribution in [3.8, 4) is 0 Å². The van der Waals surface area contributed by atoms with Crippen molar-refractivity contribution >= 4 is 15.9 Å². The molecule has 1 heterocycles. The van der Waals surface area contributed by atoms with Gasteiger partial charge in [0.05, 0.1) is 23.7 Å². The van der Waals surface area contributed by atoms with Crippen LogP contribution in [0.15, 0.2) is 23.1 Å². The van der Waals surface area contributed by atoms with E-state index in [2.05, 4.69) is 13.8 Å². The van der Waals surface area contributed by atoms with Gasteiger partial charge in [-0.15, -0.1) is 0 Å². The summed E-state index contributed by atoms with van der Waals surface area (Å²) in [4.78, 5) is 14.4. The number of amides is 1. The number of carbonyl (C=O) groups is 1. The van der Waals surface area contributed by atoms with E-state index in [1.165, 1.54) is 10.4 Å². The molecule has 1 aromatic rings. The molecule has 2 rings (SSSR count). The van der Waals surface area contributed by atoms with Crippen molar-refractivity contribution in [1.29, 1.82) is 0 Å². The Labute approximate surface area is 161 Å². The highest BCUT2D eigenvalue weighted by atomic mass is 32.2. The minimum atomic E-state index is -3.78. The lowest BCUT2D eigenvalue weighted by Crippen LogP contribution is -2.40. The fourth-order valence-electron chi connectivity index (χ4n) is 3.15. The molecule has 0 atom stereocenters. The summed E-state index contributed by atoms with van der Waals surface area (Å²) in [7, 11) is -3.78. The van der Waals surface area contributed by atoms with E-state index >= 15 is 0 Å². The monoisotopic (exact) mass is 400 g/mol. The third kappa shape index (κ3) is 5.06. The number of carbonyl (C=O) groups excluding carboxylic acids is 1. The van der Waals surface area contributed by atoms with Crippen LogP contribution in [0.4, 0.5) is 4.39 Å². The molecule has 0 aromatic heterocycles. The van der Waals surface area contributed by atoms with Crippen molar-refractivity contribution in [2.75, 3.05) is 39.4 Å². The van der Waals surface area contributed by atoms with Crippen LogP contribution in [0.2, 0.25) is 0 Å². The van der Waals surface area contributed by atoms with Gasteiger partial charge in [0.1, 0.15) is 5.82 Å². The lowest BCUT2D eigenvalue weighted by Gasteiger charge is -2.27. The quantitative estimate of drug-likeness (QED) is 0.673. The van der Waals surface area contributed by atoms with Crippen LogP contribution < -0.4 is 0 Å². The molecule has 1 aliphatic rings. The Kier molecular flexibility index (Phi) is 7.76. The highest BCUT2D eigenvalue weighted by Crippen LogP contribution is 2.22. The first-order chi connectivity index (χ1) is 12.8. The number of nitrogens with zero attached hydrogens (tertiary/aromatic N) is 2. The van der Waals surface area contributed by atoms with Crippen LogP contribution in [0.25, 0.3) is 0 Å².